The average Bonchev–Trinajstić information content (AvgIpc) is 2.35. The fourth-order valence-corrected chi connectivity index (χ4v) is 1.55. The maximum absolute atomic E-state index is 10.7. The summed E-state index contributed by atoms with van der Waals surface area (Å²) in [6, 6.07) is 13.7. The Morgan fingerprint density at radius 3 is 2.65 bits per heavy atom. The van der Waals surface area contributed by atoms with Crippen LogP contribution >= 0.6 is 0 Å². The maximum atomic E-state index is 10.7. The predicted molar refractivity (Wildman–Crippen MR) is 66.2 cm³/mol. The Morgan fingerprint density at radius 1 is 1.24 bits per heavy atom. The zero-order chi connectivity index (χ0) is 12.3. The Balaban J connectivity index is 2.12. The Morgan fingerprint density at radius 2 is 1.94 bits per heavy atom. The molecule has 0 radical (unpaired) electrons. The van der Waals surface area contributed by atoms with Crippen LogP contribution < -0.4 is 4.74 Å². The summed E-state index contributed by atoms with van der Waals surface area (Å²) in [5.41, 5.74) is 0. The van der Waals surface area contributed by atoms with E-state index in [9.17, 15) is 4.79 Å². The van der Waals surface area contributed by atoms with Gasteiger partial charge >= 0.3 is 5.97 Å². The fourth-order valence-electron chi connectivity index (χ4n) is 1.55. The van der Waals surface area contributed by atoms with Crippen LogP contribution in [-0.4, -0.2) is 17.7 Å². The number of carboxylic acid groups (broad SMARTS) is 1. The molecule has 88 valence electrons. The van der Waals surface area contributed by atoms with Crippen LogP contribution in [0, 0.1) is 5.92 Å². The first-order chi connectivity index (χ1) is 8.16. The molecule has 1 N–H and O–H groups in total. The van der Waals surface area contributed by atoms with E-state index in [2.05, 4.69) is 0 Å². The van der Waals surface area contributed by atoms with Gasteiger partial charge in [-0.25, -0.2) is 0 Å². The molecule has 2 rings (SSSR count). The van der Waals surface area contributed by atoms with Gasteiger partial charge in [0.2, 0.25) is 0 Å². The molecule has 2 aromatic carbocycles. The van der Waals surface area contributed by atoms with E-state index in [4.69, 9.17) is 9.84 Å². The van der Waals surface area contributed by atoms with E-state index < -0.39 is 11.9 Å². The third-order valence-corrected chi connectivity index (χ3v) is 2.64. The van der Waals surface area contributed by atoms with E-state index >= 15 is 0 Å². The SMILES string of the molecule is CC(COc1ccc2ccccc2c1)C(=O)O. The Kier molecular flexibility index (Phi) is 3.28. The van der Waals surface area contributed by atoms with Crippen molar-refractivity contribution in [3.63, 3.8) is 0 Å². The van der Waals surface area contributed by atoms with Gasteiger partial charge in [0, 0.05) is 0 Å². The van der Waals surface area contributed by atoms with Crippen molar-refractivity contribution < 1.29 is 14.6 Å². The standard InChI is InChI=1S/C14H14O3/c1-10(14(15)16)9-17-13-7-6-11-4-2-3-5-12(11)8-13/h2-8,10H,9H2,1H3,(H,15,16). The van der Waals surface area contributed by atoms with Crippen LogP contribution in [0.4, 0.5) is 0 Å². The molecule has 0 aromatic heterocycles. The minimum Gasteiger partial charge on any atom is -0.493 e. The summed E-state index contributed by atoms with van der Waals surface area (Å²) in [6.45, 7) is 1.82. The molecular formula is C14H14O3. The first-order valence-corrected chi connectivity index (χ1v) is 5.51. The van der Waals surface area contributed by atoms with E-state index in [1.807, 2.05) is 42.5 Å². The van der Waals surface area contributed by atoms with Crippen LogP contribution in [0.3, 0.4) is 0 Å². The zero-order valence-corrected chi connectivity index (χ0v) is 9.59. The Labute approximate surface area is 99.6 Å². The highest BCUT2D eigenvalue weighted by molar-refractivity contribution is 5.83. The summed E-state index contributed by atoms with van der Waals surface area (Å²) in [5.74, 6) is -0.635. The molecule has 0 heterocycles. The fraction of sp³-hybridized carbons (Fsp3) is 0.214. The molecule has 1 atom stereocenters. The monoisotopic (exact) mass is 230 g/mol. The number of carbonyl (C=O) groups is 1. The quantitative estimate of drug-likeness (QED) is 0.878. The van der Waals surface area contributed by atoms with Crippen LogP contribution in [0.15, 0.2) is 42.5 Å². The second kappa shape index (κ2) is 4.87. The molecule has 3 nitrogen and oxygen atoms in total. The third kappa shape index (κ3) is 2.75. The van der Waals surface area contributed by atoms with Gasteiger partial charge in [-0.05, 0) is 29.8 Å². The highest BCUT2D eigenvalue weighted by Crippen LogP contribution is 2.20. The van der Waals surface area contributed by atoms with Crippen molar-refractivity contribution in [3.8, 4) is 5.75 Å². The molecule has 0 aliphatic carbocycles. The molecular weight excluding hydrogens is 216 g/mol. The maximum Gasteiger partial charge on any atom is 0.309 e. The smallest absolute Gasteiger partial charge is 0.309 e. The van der Waals surface area contributed by atoms with Crippen molar-refractivity contribution in [2.24, 2.45) is 5.92 Å². The van der Waals surface area contributed by atoms with Crippen molar-refractivity contribution in [1.82, 2.24) is 0 Å². The van der Waals surface area contributed by atoms with Gasteiger partial charge < -0.3 is 9.84 Å². The molecule has 0 saturated heterocycles. The highest BCUT2D eigenvalue weighted by Gasteiger charge is 2.11. The lowest BCUT2D eigenvalue weighted by Gasteiger charge is -2.09. The molecule has 0 aliphatic heterocycles. The van der Waals surface area contributed by atoms with Crippen molar-refractivity contribution in [1.29, 1.82) is 0 Å². The van der Waals surface area contributed by atoms with E-state index in [0.29, 0.717) is 5.75 Å². The second-order valence-corrected chi connectivity index (χ2v) is 4.06. The largest absolute Gasteiger partial charge is 0.493 e. The molecule has 1 unspecified atom stereocenters. The topological polar surface area (TPSA) is 46.5 Å². The molecule has 17 heavy (non-hydrogen) atoms. The first kappa shape index (κ1) is 11.5. The van der Waals surface area contributed by atoms with E-state index in [1.54, 1.807) is 6.92 Å². The molecule has 3 heteroatoms. The number of aliphatic carboxylic acids is 1. The van der Waals surface area contributed by atoms with Crippen LogP contribution in [0.1, 0.15) is 6.92 Å². The lowest BCUT2D eigenvalue weighted by molar-refractivity contribution is -0.142. The highest BCUT2D eigenvalue weighted by atomic mass is 16.5. The Bertz CT molecular complexity index is 534. The summed E-state index contributed by atoms with van der Waals surface area (Å²) >= 11 is 0. The summed E-state index contributed by atoms with van der Waals surface area (Å²) in [7, 11) is 0. The number of ether oxygens (including phenoxy) is 1. The molecule has 0 bridgehead atoms. The molecule has 2 aromatic rings. The van der Waals surface area contributed by atoms with Gasteiger partial charge in [0.25, 0.3) is 0 Å². The van der Waals surface area contributed by atoms with Gasteiger partial charge in [-0.2, -0.15) is 0 Å². The lowest BCUT2D eigenvalue weighted by atomic mass is 10.1. The van der Waals surface area contributed by atoms with Gasteiger partial charge in [-0.15, -0.1) is 0 Å². The van der Waals surface area contributed by atoms with Gasteiger partial charge in [0.15, 0.2) is 0 Å². The predicted octanol–water partition coefficient (Wildman–Crippen LogP) is 2.94. The lowest BCUT2D eigenvalue weighted by Crippen LogP contribution is -2.17. The van der Waals surface area contributed by atoms with Gasteiger partial charge in [-0.3, -0.25) is 4.79 Å². The molecule has 0 spiro atoms. The number of hydrogen-bond donors (Lipinski definition) is 1. The number of carboxylic acids is 1. The summed E-state index contributed by atoms with van der Waals surface area (Å²) in [5, 5.41) is 11.0. The Hall–Kier alpha value is -2.03. The third-order valence-electron chi connectivity index (χ3n) is 2.64. The van der Waals surface area contributed by atoms with Crippen molar-refractivity contribution in [2.75, 3.05) is 6.61 Å². The van der Waals surface area contributed by atoms with Crippen LogP contribution in [0.5, 0.6) is 5.75 Å². The van der Waals surface area contributed by atoms with Crippen molar-refractivity contribution in [3.05, 3.63) is 42.5 Å². The minimum absolute atomic E-state index is 0.188. The number of fused-ring (bicyclic) bond motifs is 1. The summed E-state index contributed by atoms with van der Waals surface area (Å²) < 4.78 is 5.46. The van der Waals surface area contributed by atoms with Crippen LogP contribution in [-0.2, 0) is 4.79 Å². The number of hydrogen-bond acceptors (Lipinski definition) is 2. The first-order valence-electron chi connectivity index (χ1n) is 5.51. The summed E-state index contributed by atoms with van der Waals surface area (Å²) in [4.78, 5) is 10.7. The van der Waals surface area contributed by atoms with Crippen molar-refractivity contribution in [2.45, 2.75) is 6.92 Å². The van der Waals surface area contributed by atoms with Gasteiger partial charge in [0.1, 0.15) is 12.4 Å². The average molecular weight is 230 g/mol. The zero-order valence-electron chi connectivity index (χ0n) is 9.59. The van der Waals surface area contributed by atoms with Crippen molar-refractivity contribution >= 4 is 16.7 Å². The summed E-state index contributed by atoms with van der Waals surface area (Å²) in [6.07, 6.45) is 0. The minimum atomic E-state index is -0.842. The normalized spacial score (nSPS) is 12.3. The van der Waals surface area contributed by atoms with Gasteiger partial charge in [0.05, 0.1) is 5.92 Å². The number of benzene rings is 2. The van der Waals surface area contributed by atoms with E-state index in [0.717, 1.165) is 10.8 Å². The molecule has 0 fully saturated rings. The molecule has 0 saturated carbocycles. The van der Waals surface area contributed by atoms with E-state index in [1.165, 1.54) is 0 Å². The van der Waals surface area contributed by atoms with Crippen LogP contribution in [0.25, 0.3) is 10.8 Å². The van der Waals surface area contributed by atoms with Gasteiger partial charge in [-0.1, -0.05) is 30.3 Å². The molecule has 0 amide bonds. The van der Waals surface area contributed by atoms with Crippen LogP contribution in [0.2, 0.25) is 0 Å². The van der Waals surface area contributed by atoms with E-state index in [-0.39, 0.29) is 6.61 Å². The second-order valence-electron chi connectivity index (χ2n) is 4.06. The molecule has 0 aliphatic rings. The number of rotatable bonds is 4.